The molecule has 5 nitrogen and oxygen atoms in total. The molecule has 1 aliphatic heterocycles. The Morgan fingerprint density at radius 3 is 2.30 bits per heavy atom. The lowest BCUT2D eigenvalue weighted by atomic mass is 10.1. The van der Waals surface area contributed by atoms with Crippen LogP contribution in [0.4, 0.5) is 4.39 Å². The van der Waals surface area contributed by atoms with Gasteiger partial charge in [-0.1, -0.05) is 41.9 Å². The van der Waals surface area contributed by atoms with Crippen molar-refractivity contribution in [3.63, 3.8) is 0 Å². The van der Waals surface area contributed by atoms with E-state index in [1.165, 1.54) is 29.5 Å². The third-order valence-electron chi connectivity index (χ3n) is 5.02. The molecule has 0 bridgehead atoms. The number of rotatable bonds is 3. The van der Waals surface area contributed by atoms with Gasteiger partial charge in [-0.05, 0) is 25.1 Å². The maximum Gasteiger partial charge on any atom is 0.265 e. The zero-order valence-corrected chi connectivity index (χ0v) is 17.8. The minimum absolute atomic E-state index is 0.0481. The van der Waals surface area contributed by atoms with Crippen LogP contribution in [0, 0.1) is 12.7 Å². The van der Waals surface area contributed by atoms with Crippen LogP contribution in [-0.2, 0) is 0 Å². The average Bonchev–Trinajstić information content (AvgIpc) is 3.17. The highest BCUT2D eigenvalue weighted by Crippen LogP contribution is 2.29. The number of aryl methyl sites for hydroxylation is 1. The standard InChI is InChI=1S/C22H19ClFN3O2S/c1-14-19(30-20(25-14)15-5-3-2-4-6-15)22(29)27-11-9-26(10-12-27)21(28)17-13-16(23)7-8-18(17)24/h2-8,13H,9-12H2,1H3. The van der Waals surface area contributed by atoms with Crippen molar-refractivity contribution < 1.29 is 14.0 Å². The van der Waals surface area contributed by atoms with E-state index in [-0.39, 0.29) is 11.5 Å². The van der Waals surface area contributed by atoms with E-state index in [9.17, 15) is 14.0 Å². The molecule has 154 valence electrons. The van der Waals surface area contributed by atoms with Crippen LogP contribution in [0.15, 0.2) is 48.5 Å². The molecule has 2 heterocycles. The second-order valence-corrected chi connectivity index (χ2v) is 8.44. The molecule has 0 saturated carbocycles. The Hall–Kier alpha value is -2.77. The predicted molar refractivity (Wildman–Crippen MR) is 116 cm³/mol. The number of halogens is 2. The Balaban J connectivity index is 1.44. The normalized spacial score (nSPS) is 14.1. The van der Waals surface area contributed by atoms with Gasteiger partial charge in [0.1, 0.15) is 15.7 Å². The summed E-state index contributed by atoms with van der Waals surface area (Å²) in [6.07, 6.45) is 0. The van der Waals surface area contributed by atoms with Crippen LogP contribution in [0.25, 0.3) is 10.6 Å². The van der Waals surface area contributed by atoms with Crippen molar-refractivity contribution in [2.24, 2.45) is 0 Å². The van der Waals surface area contributed by atoms with Gasteiger partial charge < -0.3 is 9.80 Å². The molecule has 2 aromatic carbocycles. The number of piperazine rings is 1. The predicted octanol–water partition coefficient (Wildman–Crippen LogP) is 4.51. The monoisotopic (exact) mass is 443 g/mol. The number of amides is 2. The molecule has 0 N–H and O–H groups in total. The number of hydrogen-bond donors (Lipinski definition) is 0. The summed E-state index contributed by atoms with van der Waals surface area (Å²) in [6.45, 7) is 3.26. The summed E-state index contributed by atoms with van der Waals surface area (Å²) < 4.78 is 14.0. The quantitative estimate of drug-likeness (QED) is 0.598. The lowest BCUT2D eigenvalue weighted by Gasteiger charge is -2.34. The average molecular weight is 444 g/mol. The van der Waals surface area contributed by atoms with Crippen LogP contribution >= 0.6 is 22.9 Å². The Labute approximate surface area is 182 Å². The maximum absolute atomic E-state index is 14.0. The second kappa shape index (κ2) is 8.53. The highest BCUT2D eigenvalue weighted by Gasteiger charge is 2.29. The lowest BCUT2D eigenvalue weighted by molar-refractivity contribution is 0.0535. The molecule has 0 radical (unpaired) electrons. The van der Waals surface area contributed by atoms with Crippen LogP contribution in [0.1, 0.15) is 25.7 Å². The Morgan fingerprint density at radius 2 is 1.63 bits per heavy atom. The number of thiazole rings is 1. The van der Waals surface area contributed by atoms with Gasteiger partial charge in [-0.3, -0.25) is 9.59 Å². The van der Waals surface area contributed by atoms with E-state index in [1.807, 2.05) is 37.3 Å². The first-order chi connectivity index (χ1) is 14.4. The summed E-state index contributed by atoms with van der Waals surface area (Å²) >= 11 is 7.27. The highest BCUT2D eigenvalue weighted by atomic mass is 35.5. The molecule has 0 unspecified atom stereocenters. The van der Waals surface area contributed by atoms with Crippen molar-refractivity contribution in [1.82, 2.24) is 14.8 Å². The Bertz CT molecular complexity index is 1100. The van der Waals surface area contributed by atoms with Crippen LogP contribution < -0.4 is 0 Å². The van der Waals surface area contributed by atoms with Crippen LogP contribution in [-0.4, -0.2) is 52.8 Å². The first kappa shape index (κ1) is 20.5. The van der Waals surface area contributed by atoms with Gasteiger partial charge in [-0.15, -0.1) is 11.3 Å². The van der Waals surface area contributed by atoms with Crippen molar-refractivity contribution in [1.29, 1.82) is 0 Å². The number of carbonyl (C=O) groups is 2. The molecule has 2 amide bonds. The van der Waals surface area contributed by atoms with E-state index in [0.717, 1.165) is 10.6 Å². The molecule has 1 saturated heterocycles. The summed E-state index contributed by atoms with van der Waals surface area (Å²) in [5.41, 5.74) is 1.63. The van der Waals surface area contributed by atoms with Crippen LogP contribution in [0.5, 0.6) is 0 Å². The summed E-state index contributed by atoms with van der Waals surface area (Å²) in [5, 5.41) is 1.12. The number of benzene rings is 2. The van der Waals surface area contributed by atoms with Gasteiger partial charge >= 0.3 is 0 Å². The van der Waals surface area contributed by atoms with E-state index in [2.05, 4.69) is 4.98 Å². The Morgan fingerprint density at radius 1 is 1.00 bits per heavy atom. The number of aromatic nitrogens is 1. The molecule has 0 aliphatic carbocycles. The molecule has 4 rings (SSSR count). The minimum Gasteiger partial charge on any atom is -0.335 e. The van der Waals surface area contributed by atoms with E-state index >= 15 is 0 Å². The van der Waals surface area contributed by atoms with Gasteiger partial charge in [0.2, 0.25) is 0 Å². The number of carbonyl (C=O) groups excluding carboxylic acids is 2. The summed E-state index contributed by atoms with van der Waals surface area (Å²) in [4.78, 5) is 34.1. The molecule has 0 atom stereocenters. The molecule has 30 heavy (non-hydrogen) atoms. The highest BCUT2D eigenvalue weighted by molar-refractivity contribution is 7.17. The maximum atomic E-state index is 14.0. The fourth-order valence-corrected chi connectivity index (χ4v) is 4.60. The Kier molecular flexibility index (Phi) is 5.83. The van der Waals surface area contributed by atoms with E-state index in [0.29, 0.717) is 41.8 Å². The van der Waals surface area contributed by atoms with Crippen molar-refractivity contribution in [2.45, 2.75) is 6.92 Å². The van der Waals surface area contributed by atoms with E-state index < -0.39 is 11.7 Å². The fourth-order valence-electron chi connectivity index (χ4n) is 3.39. The molecule has 1 fully saturated rings. The van der Waals surface area contributed by atoms with Gasteiger partial charge in [0, 0.05) is 36.8 Å². The topological polar surface area (TPSA) is 53.5 Å². The minimum atomic E-state index is -0.600. The molecule has 3 aromatic rings. The van der Waals surface area contributed by atoms with Gasteiger partial charge in [0.15, 0.2) is 0 Å². The molecular formula is C22H19ClFN3O2S. The van der Waals surface area contributed by atoms with Gasteiger partial charge in [-0.25, -0.2) is 9.37 Å². The molecule has 8 heteroatoms. The van der Waals surface area contributed by atoms with Crippen LogP contribution in [0.2, 0.25) is 5.02 Å². The van der Waals surface area contributed by atoms with Crippen molar-refractivity contribution in [3.05, 3.63) is 75.5 Å². The molecule has 0 spiro atoms. The molecule has 1 aromatic heterocycles. The van der Waals surface area contributed by atoms with Gasteiger partial charge in [-0.2, -0.15) is 0 Å². The first-order valence-electron chi connectivity index (χ1n) is 9.50. The second-order valence-electron chi connectivity index (χ2n) is 7.01. The van der Waals surface area contributed by atoms with Crippen molar-refractivity contribution in [2.75, 3.05) is 26.2 Å². The fraction of sp³-hybridized carbons (Fsp3) is 0.227. The van der Waals surface area contributed by atoms with Crippen molar-refractivity contribution >= 4 is 34.8 Å². The van der Waals surface area contributed by atoms with E-state index in [4.69, 9.17) is 11.6 Å². The smallest absolute Gasteiger partial charge is 0.265 e. The SMILES string of the molecule is Cc1nc(-c2ccccc2)sc1C(=O)N1CCN(C(=O)c2cc(Cl)ccc2F)CC1. The van der Waals surface area contributed by atoms with Crippen LogP contribution in [0.3, 0.4) is 0 Å². The third kappa shape index (κ3) is 4.08. The van der Waals surface area contributed by atoms with E-state index in [1.54, 1.807) is 9.80 Å². The number of hydrogen-bond acceptors (Lipinski definition) is 4. The summed E-state index contributed by atoms with van der Waals surface area (Å²) in [7, 11) is 0. The zero-order valence-electron chi connectivity index (χ0n) is 16.3. The number of nitrogens with zero attached hydrogens (tertiary/aromatic N) is 3. The lowest BCUT2D eigenvalue weighted by Crippen LogP contribution is -2.50. The molecular weight excluding hydrogens is 425 g/mol. The van der Waals surface area contributed by atoms with Gasteiger partial charge in [0.25, 0.3) is 11.8 Å². The summed E-state index contributed by atoms with van der Waals surface area (Å²) in [5.74, 6) is -1.10. The molecule has 1 aliphatic rings. The summed E-state index contributed by atoms with van der Waals surface area (Å²) in [6, 6.07) is 13.7. The zero-order chi connectivity index (χ0) is 21.3. The van der Waals surface area contributed by atoms with Crippen molar-refractivity contribution in [3.8, 4) is 10.6 Å². The first-order valence-corrected chi connectivity index (χ1v) is 10.7. The van der Waals surface area contributed by atoms with Gasteiger partial charge in [0.05, 0.1) is 11.3 Å². The largest absolute Gasteiger partial charge is 0.335 e. The third-order valence-corrected chi connectivity index (χ3v) is 6.45.